The van der Waals surface area contributed by atoms with Gasteiger partial charge in [-0.2, -0.15) is 18.3 Å². The number of aromatic nitrogens is 4. The molecule has 3 aromatic rings. The van der Waals surface area contributed by atoms with Crippen LogP contribution in [0.2, 0.25) is 5.15 Å². The maximum absolute atomic E-state index is 13.3. The zero-order chi connectivity index (χ0) is 24.5. The summed E-state index contributed by atoms with van der Waals surface area (Å²) < 4.78 is 39.7. The van der Waals surface area contributed by atoms with Crippen LogP contribution in [0.4, 0.5) is 18.9 Å². The van der Waals surface area contributed by atoms with Crippen LogP contribution in [0.3, 0.4) is 0 Å². The van der Waals surface area contributed by atoms with E-state index in [0.717, 1.165) is 18.3 Å². The van der Waals surface area contributed by atoms with E-state index in [9.17, 15) is 22.8 Å². The topological polar surface area (TPSA) is 84.2 Å². The molecule has 178 valence electrons. The van der Waals surface area contributed by atoms with Gasteiger partial charge in [0.15, 0.2) is 5.15 Å². The summed E-state index contributed by atoms with van der Waals surface area (Å²) in [5.74, 6) is -1.16. The molecule has 1 unspecified atom stereocenters. The van der Waals surface area contributed by atoms with Crippen LogP contribution in [-0.4, -0.2) is 56.1 Å². The van der Waals surface area contributed by atoms with Crippen LogP contribution in [0.25, 0.3) is 5.69 Å². The summed E-state index contributed by atoms with van der Waals surface area (Å²) in [6, 6.07) is 5.42. The van der Waals surface area contributed by atoms with Gasteiger partial charge in [0.05, 0.1) is 29.6 Å². The molecule has 1 fully saturated rings. The van der Waals surface area contributed by atoms with E-state index in [1.165, 1.54) is 14.5 Å². The summed E-state index contributed by atoms with van der Waals surface area (Å²) in [6.45, 7) is 2.59. The van der Waals surface area contributed by atoms with Crippen LogP contribution in [0, 0.1) is 5.92 Å². The zero-order valence-corrected chi connectivity index (χ0v) is 18.8. The molecule has 0 saturated carbocycles. The van der Waals surface area contributed by atoms with Gasteiger partial charge in [-0.3, -0.25) is 19.6 Å². The molecule has 34 heavy (non-hydrogen) atoms. The largest absolute Gasteiger partial charge is 0.433 e. The van der Waals surface area contributed by atoms with Gasteiger partial charge in [-0.05, 0) is 37.6 Å². The molecule has 0 aromatic carbocycles. The van der Waals surface area contributed by atoms with E-state index in [1.807, 2.05) is 0 Å². The molecule has 12 heteroatoms. The lowest BCUT2D eigenvalue weighted by Crippen LogP contribution is -2.38. The Hall–Kier alpha value is -3.47. The minimum absolute atomic E-state index is 0.0363. The molecule has 4 rings (SSSR count). The summed E-state index contributed by atoms with van der Waals surface area (Å²) in [5, 5.41) is 4.42. The molecule has 0 spiro atoms. The minimum atomic E-state index is -4.58. The zero-order valence-electron chi connectivity index (χ0n) is 18.0. The van der Waals surface area contributed by atoms with Crippen LogP contribution in [0.5, 0.6) is 0 Å². The van der Waals surface area contributed by atoms with Crippen molar-refractivity contribution in [2.75, 3.05) is 24.5 Å². The minimum Gasteiger partial charge on any atom is -0.338 e. The molecule has 1 atom stereocenters. The lowest BCUT2D eigenvalue weighted by molar-refractivity contribution is -0.141. The van der Waals surface area contributed by atoms with E-state index in [4.69, 9.17) is 11.6 Å². The van der Waals surface area contributed by atoms with Crippen LogP contribution < -0.4 is 4.90 Å². The Morgan fingerprint density at radius 3 is 2.65 bits per heavy atom. The number of alkyl halides is 3. The number of likely N-dealkylation sites (tertiary alicyclic amines) is 1. The van der Waals surface area contributed by atoms with Crippen molar-refractivity contribution in [3.05, 3.63) is 65.5 Å². The van der Waals surface area contributed by atoms with Crippen molar-refractivity contribution in [1.29, 1.82) is 0 Å². The number of carbonyl (C=O) groups excluding carboxylic acids is 2. The molecule has 2 amide bonds. The Kier molecular flexibility index (Phi) is 6.56. The van der Waals surface area contributed by atoms with E-state index >= 15 is 0 Å². The number of rotatable bonds is 5. The molecule has 0 bridgehead atoms. The maximum atomic E-state index is 13.3. The standard InChI is InChI=1S/C22H20ClF3N6O2/c1-2-31(17-13-32(29-19(17)23)16-4-3-8-27-11-16)21(34)15-7-9-30(12-15)20(33)14-5-6-18(28-10-14)22(24,25)26/h3-6,8,10-11,13,15H,2,7,9,12H2,1H3. The smallest absolute Gasteiger partial charge is 0.338 e. The highest BCUT2D eigenvalue weighted by molar-refractivity contribution is 6.32. The van der Waals surface area contributed by atoms with E-state index in [-0.39, 0.29) is 23.2 Å². The fraction of sp³-hybridized carbons (Fsp3) is 0.318. The lowest BCUT2D eigenvalue weighted by atomic mass is 10.1. The van der Waals surface area contributed by atoms with Gasteiger partial charge in [0.1, 0.15) is 11.4 Å². The predicted molar refractivity (Wildman–Crippen MR) is 118 cm³/mol. The number of hydrogen-bond donors (Lipinski definition) is 0. The first kappa shape index (κ1) is 23.7. The number of carbonyl (C=O) groups is 2. The summed E-state index contributed by atoms with van der Waals surface area (Å²) in [6.07, 6.45) is 1.64. The highest BCUT2D eigenvalue weighted by Gasteiger charge is 2.36. The first-order valence-corrected chi connectivity index (χ1v) is 10.9. The molecule has 8 nitrogen and oxygen atoms in total. The summed E-state index contributed by atoms with van der Waals surface area (Å²) in [5.41, 5.74) is 0.0896. The van der Waals surface area contributed by atoms with Crippen LogP contribution in [-0.2, 0) is 11.0 Å². The average Bonchev–Trinajstić information content (AvgIpc) is 3.47. The molecule has 0 N–H and O–H groups in total. The fourth-order valence-corrected chi connectivity index (χ4v) is 4.06. The number of pyridine rings is 2. The molecule has 1 aliphatic rings. The van der Waals surface area contributed by atoms with Crippen molar-refractivity contribution in [2.45, 2.75) is 19.5 Å². The second-order valence-corrected chi connectivity index (χ2v) is 8.07. The van der Waals surface area contributed by atoms with Crippen molar-refractivity contribution in [3.63, 3.8) is 0 Å². The fourth-order valence-electron chi connectivity index (χ4n) is 3.83. The molecule has 1 saturated heterocycles. The van der Waals surface area contributed by atoms with Crippen molar-refractivity contribution in [3.8, 4) is 5.69 Å². The normalized spacial score (nSPS) is 16.0. The number of nitrogens with zero attached hydrogens (tertiary/aromatic N) is 6. The van der Waals surface area contributed by atoms with Crippen LogP contribution in [0.15, 0.2) is 49.1 Å². The van der Waals surface area contributed by atoms with Gasteiger partial charge >= 0.3 is 6.18 Å². The van der Waals surface area contributed by atoms with Crippen molar-refractivity contribution < 1.29 is 22.8 Å². The number of amides is 2. The molecule has 0 aliphatic carbocycles. The Labute approximate surface area is 198 Å². The van der Waals surface area contributed by atoms with Gasteiger partial charge in [0.2, 0.25) is 5.91 Å². The van der Waals surface area contributed by atoms with Crippen LogP contribution in [0.1, 0.15) is 29.4 Å². The summed E-state index contributed by atoms with van der Waals surface area (Å²) in [7, 11) is 0. The second kappa shape index (κ2) is 9.41. The summed E-state index contributed by atoms with van der Waals surface area (Å²) >= 11 is 6.33. The Morgan fingerprint density at radius 2 is 2.03 bits per heavy atom. The van der Waals surface area contributed by atoms with E-state index in [2.05, 4.69) is 15.1 Å². The molecule has 1 aliphatic heterocycles. The Bertz CT molecular complexity index is 1180. The average molecular weight is 493 g/mol. The number of hydrogen-bond acceptors (Lipinski definition) is 5. The first-order valence-electron chi connectivity index (χ1n) is 10.5. The van der Waals surface area contributed by atoms with Gasteiger partial charge in [0.25, 0.3) is 5.91 Å². The van der Waals surface area contributed by atoms with E-state index in [1.54, 1.807) is 37.6 Å². The maximum Gasteiger partial charge on any atom is 0.433 e. The highest BCUT2D eigenvalue weighted by Crippen LogP contribution is 2.30. The highest BCUT2D eigenvalue weighted by atomic mass is 35.5. The quantitative estimate of drug-likeness (QED) is 0.540. The van der Waals surface area contributed by atoms with Crippen molar-refractivity contribution in [2.24, 2.45) is 5.92 Å². The van der Waals surface area contributed by atoms with Gasteiger partial charge < -0.3 is 9.80 Å². The lowest BCUT2D eigenvalue weighted by Gasteiger charge is -2.23. The van der Waals surface area contributed by atoms with E-state index in [0.29, 0.717) is 30.9 Å². The molecular weight excluding hydrogens is 473 g/mol. The van der Waals surface area contributed by atoms with Gasteiger partial charge in [0, 0.05) is 32.0 Å². The third kappa shape index (κ3) is 4.74. The Balaban J connectivity index is 1.46. The van der Waals surface area contributed by atoms with Crippen molar-refractivity contribution >= 4 is 29.1 Å². The summed E-state index contributed by atoms with van der Waals surface area (Å²) in [4.78, 5) is 36.4. The number of anilines is 1. The molecular formula is C22H20ClF3N6O2. The molecule has 3 aromatic heterocycles. The molecule has 0 radical (unpaired) electrons. The molecule has 4 heterocycles. The van der Waals surface area contributed by atoms with Crippen LogP contribution >= 0.6 is 11.6 Å². The SMILES string of the molecule is CCN(C(=O)C1CCN(C(=O)c2ccc(C(F)(F)F)nc2)C1)c1cn(-c2cccnc2)nc1Cl. The van der Waals surface area contributed by atoms with E-state index < -0.39 is 23.7 Å². The number of halogens is 4. The predicted octanol–water partition coefficient (Wildman–Crippen LogP) is 3.85. The van der Waals surface area contributed by atoms with Crippen molar-refractivity contribution in [1.82, 2.24) is 24.6 Å². The first-order chi connectivity index (χ1) is 16.2. The van der Waals surface area contributed by atoms with Gasteiger partial charge in [-0.15, -0.1) is 0 Å². The van der Waals surface area contributed by atoms with Gasteiger partial charge in [-0.25, -0.2) is 4.68 Å². The third-order valence-corrected chi connectivity index (χ3v) is 5.83. The van der Waals surface area contributed by atoms with Gasteiger partial charge in [-0.1, -0.05) is 11.6 Å². The second-order valence-electron chi connectivity index (χ2n) is 7.71. The Morgan fingerprint density at radius 1 is 1.24 bits per heavy atom. The monoisotopic (exact) mass is 492 g/mol. The third-order valence-electron chi connectivity index (χ3n) is 5.56.